The molecule has 0 spiro atoms. The van der Waals surface area contributed by atoms with Crippen molar-refractivity contribution in [2.45, 2.75) is 26.0 Å². The summed E-state index contributed by atoms with van der Waals surface area (Å²) >= 11 is 0. The van der Waals surface area contributed by atoms with Gasteiger partial charge in [-0.2, -0.15) is 0 Å². The largest absolute Gasteiger partial charge is 0.380 e. The van der Waals surface area contributed by atoms with Crippen LogP contribution in [-0.4, -0.2) is 36.9 Å². The molecule has 6 nitrogen and oxygen atoms in total. The molecular weight excluding hydrogens is 354 g/mol. The molecule has 0 aliphatic carbocycles. The van der Waals surface area contributed by atoms with E-state index < -0.39 is 0 Å². The predicted molar refractivity (Wildman–Crippen MR) is 109 cm³/mol. The van der Waals surface area contributed by atoms with Crippen molar-refractivity contribution >= 4 is 17.5 Å². The summed E-state index contributed by atoms with van der Waals surface area (Å²) in [7, 11) is 1.62. The molecule has 1 aliphatic heterocycles. The van der Waals surface area contributed by atoms with Gasteiger partial charge in [0.1, 0.15) is 0 Å². The van der Waals surface area contributed by atoms with Gasteiger partial charge in [-0.05, 0) is 55.3 Å². The normalized spacial score (nSPS) is 15.3. The highest BCUT2D eigenvalue weighted by Gasteiger charge is 2.23. The monoisotopic (exact) mass is 381 g/mol. The third kappa shape index (κ3) is 5.18. The molecule has 1 aliphatic rings. The quantitative estimate of drug-likeness (QED) is 0.772. The van der Waals surface area contributed by atoms with Crippen LogP contribution < -0.4 is 11.1 Å². The van der Waals surface area contributed by atoms with Gasteiger partial charge in [0.25, 0.3) is 5.91 Å². The fourth-order valence-electron chi connectivity index (χ4n) is 3.60. The molecule has 1 saturated heterocycles. The van der Waals surface area contributed by atoms with E-state index in [1.165, 1.54) is 0 Å². The summed E-state index contributed by atoms with van der Waals surface area (Å²) in [5, 5.41) is 2.98. The van der Waals surface area contributed by atoms with E-state index in [4.69, 9.17) is 10.5 Å². The van der Waals surface area contributed by atoms with Crippen LogP contribution in [0.2, 0.25) is 0 Å². The van der Waals surface area contributed by atoms with Crippen molar-refractivity contribution < 1.29 is 14.3 Å². The smallest absolute Gasteiger partial charge is 0.256 e. The Labute approximate surface area is 165 Å². The zero-order valence-corrected chi connectivity index (χ0v) is 16.2. The lowest BCUT2D eigenvalue weighted by Crippen LogP contribution is -2.38. The van der Waals surface area contributed by atoms with E-state index in [2.05, 4.69) is 16.3 Å². The highest BCUT2D eigenvalue weighted by atomic mass is 16.5. The van der Waals surface area contributed by atoms with Crippen LogP contribution in [0.15, 0.2) is 48.5 Å². The summed E-state index contributed by atoms with van der Waals surface area (Å²) in [4.78, 5) is 26.3. The number of rotatable bonds is 7. The Morgan fingerprint density at radius 1 is 1.14 bits per heavy atom. The van der Waals surface area contributed by atoms with E-state index in [0.29, 0.717) is 12.2 Å². The van der Waals surface area contributed by atoms with Gasteiger partial charge in [-0.15, -0.1) is 0 Å². The van der Waals surface area contributed by atoms with Crippen molar-refractivity contribution in [2.75, 3.05) is 25.5 Å². The van der Waals surface area contributed by atoms with Gasteiger partial charge < -0.3 is 15.8 Å². The van der Waals surface area contributed by atoms with E-state index in [-0.39, 0.29) is 17.7 Å². The molecule has 1 heterocycles. The molecule has 6 heteroatoms. The van der Waals surface area contributed by atoms with Crippen LogP contribution >= 0.6 is 0 Å². The van der Waals surface area contributed by atoms with Crippen LogP contribution in [-0.2, 0) is 22.7 Å². The Hall–Kier alpha value is -2.70. The van der Waals surface area contributed by atoms with E-state index in [9.17, 15) is 9.59 Å². The maximum absolute atomic E-state index is 12.7. The number of benzene rings is 2. The Balaban J connectivity index is 1.62. The molecule has 2 aromatic rings. The van der Waals surface area contributed by atoms with Crippen molar-refractivity contribution in [3.8, 4) is 0 Å². The lowest BCUT2D eigenvalue weighted by atomic mass is 9.96. The number of nitrogens with two attached hydrogens (primary N) is 1. The van der Waals surface area contributed by atoms with Gasteiger partial charge in [0.2, 0.25) is 5.91 Å². The van der Waals surface area contributed by atoms with Crippen LogP contribution in [0, 0.1) is 5.92 Å². The second kappa shape index (κ2) is 9.48. The van der Waals surface area contributed by atoms with Gasteiger partial charge in [0, 0.05) is 30.8 Å². The summed E-state index contributed by atoms with van der Waals surface area (Å²) in [5.41, 5.74) is 8.77. The lowest BCUT2D eigenvalue weighted by Gasteiger charge is -2.30. The minimum Gasteiger partial charge on any atom is -0.380 e. The number of hydrogen-bond donors (Lipinski definition) is 2. The topological polar surface area (TPSA) is 84.7 Å². The van der Waals surface area contributed by atoms with Crippen molar-refractivity contribution in [3.05, 3.63) is 65.2 Å². The zero-order valence-electron chi connectivity index (χ0n) is 16.2. The predicted octanol–water partition coefficient (Wildman–Crippen LogP) is 2.78. The van der Waals surface area contributed by atoms with Crippen molar-refractivity contribution in [1.29, 1.82) is 0 Å². The average Bonchev–Trinajstić information content (AvgIpc) is 2.69. The number of piperidine rings is 1. The molecule has 3 rings (SSSR count). The summed E-state index contributed by atoms with van der Waals surface area (Å²) < 4.78 is 5.18. The molecule has 1 fully saturated rings. The Bertz CT molecular complexity index is 829. The SMILES string of the molecule is COCc1ccccc1C(=O)Nc1cccc(CN2CCC(C(N)=O)CC2)c1. The number of hydrogen-bond acceptors (Lipinski definition) is 4. The molecule has 3 N–H and O–H groups in total. The van der Waals surface area contributed by atoms with Crippen molar-refractivity contribution in [3.63, 3.8) is 0 Å². The minimum atomic E-state index is -0.196. The van der Waals surface area contributed by atoms with E-state index >= 15 is 0 Å². The number of likely N-dealkylation sites (tertiary alicyclic amines) is 1. The van der Waals surface area contributed by atoms with Crippen molar-refractivity contribution in [2.24, 2.45) is 11.7 Å². The molecule has 0 aromatic heterocycles. The van der Waals surface area contributed by atoms with E-state index in [1.54, 1.807) is 13.2 Å². The van der Waals surface area contributed by atoms with Crippen LogP contribution in [0.4, 0.5) is 5.69 Å². The minimum absolute atomic E-state index is 0.00552. The van der Waals surface area contributed by atoms with Crippen LogP contribution in [0.5, 0.6) is 0 Å². The summed E-state index contributed by atoms with van der Waals surface area (Å²) in [6.45, 7) is 2.89. The Morgan fingerprint density at radius 3 is 2.61 bits per heavy atom. The first-order valence-corrected chi connectivity index (χ1v) is 9.55. The second-order valence-corrected chi connectivity index (χ2v) is 7.20. The number of carbonyl (C=O) groups excluding carboxylic acids is 2. The van der Waals surface area contributed by atoms with Gasteiger partial charge >= 0.3 is 0 Å². The number of primary amides is 1. The number of carbonyl (C=O) groups is 2. The first kappa shape index (κ1) is 20.0. The molecule has 2 amide bonds. The van der Waals surface area contributed by atoms with Crippen LogP contribution in [0.3, 0.4) is 0 Å². The molecular formula is C22H27N3O3. The second-order valence-electron chi connectivity index (χ2n) is 7.20. The molecule has 2 aromatic carbocycles. The number of amides is 2. The fraction of sp³-hybridized carbons (Fsp3) is 0.364. The number of nitrogens with zero attached hydrogens (tertiary/aromatic N) is 1. The third-order valence-electron chi connectivity index (χ3n) is 5.14. The summed E-state index contributed by atoms with van der Waals surface area (Å²) in [6.07, 6.45) is 1.62. The number of ether oxygens (including phenoxy) is 1. The molecule has 0 saturated carbocycles. The number of methoxy groups -OCH3 is 1. The summed E-state index contributed by atoms with van der Waals surface area (Å²) in [6, 6.07) is 15.3. The van der Waals surface area contributed by atoms with Crippen LogP contribution in [0.1, 0.15) is 34.3 Å². The lowest BCUT2D eigenvalue weighted by molar-refractivity contribution is -0.123. The van der Waals surface area contributed by atoms with Gasteiger partial charge in [-0.25, -0.2) is 0 Å². The van der Waals surface area contributed by atoms with Gasteiger partial charge in [-0.3, -0.25) is 14.5 Å². The summed E-state index contributed by atoms with van der Waals surface area (Å²) in [5.74, 6) is -0.348. The van der Waals surface area contributed by atoms with E-state index in [1.807, 2.05) is 36.4 Å². The zero-order chi connectivity index (χ0) is 19.9. The maximum atomic E-state index is 12.7. The highest BCUT2D eigenvalue weighted by molar-refractivity contribution is 6.05. The van der Waals surface area contributed by atoms with Crippen molar-refractivity contribution in [1.82, 2.24) is 4.90 Å². The average molecular weight is 381 g/mol. The standard InChI is InChI=1S/C22H27N3O3/c1-28-15-18-6-2-3-8-20(18)22(27)24-19-7-4-5-16(13-19)14-25-11-9-17(10-12-25)21(23)26/h2-8,13,17H,9-12,14-15H2,1H3,(H2,23,26)(H,24,27). The fourth-order valence-corrected chi connectivity index (χ4v) is 3.60. The Morgan fingerprint density at radius 2 is 1.89 bits per heavy atom. The number of anilines is 1. The first-order valence-electron chi connectivity index (χ1n) is 9.55. The molecule has 0 bridgehead atoms. The third-order valence-corrected chi connectivity index (χ3v) is 5.14. The van der Waals surface area contributed by atoms with Gasteiger partial charge in [-0.1, -0.05) is 30.3 Å². The molecule has 0 unspecified atom stereocenters. The molecule has 148 valence electrons. The van der Waals surface area contributed by atoms with E-state index in [0.717, 1.165) is 49.3 Å². The van der Waals surface area contributed by atoms with Crippen LogP contribution in [0.25, 0.3) is 0 Å². The molecule has 0 radical (unpaired) electrons. The Kier molecular flexibility index (Phi) is 6.79. The highest BCUT2D eigenvalue weighted by Crippen LogP contribution is 2.20. The van der Waals surface area contributed by atoms with Gasteiger partial charge in [0.05, 0.1) is 6.61 Å². The molecule has 0 atom stereocenters. The number of nitrogens with one attached hydrogen (secondary N) is 1. The first-order chi connectivity index (χ1) is 13.6. The molecule has 28 heavy (non-hydrogen) atoms. The van der Waals surface area contributed by atoms with Gasteiger partial charge in [0.15, 0.2) is 0 Å². The maximum Gasteiger partial charge on any atom is 0.256 e.